The fraction of sp³-hybridized carbons (Fsp3) is 0.854. The van der Waals surface area contributed by atoms with Crippen molar-refractivity contribution in [2.75, 3.05) is 40.9 Å². The van der Waals surface area contributed by atoms with Crippen LogP contribution in [0.15, 0.2) is 36.5 Å². The largest absolute Gasteiger partial charge is 0.756 e. The molecular weight excluding hydrogens is 732 g/mol. The van der Waals surface area contributed by atoms with Crippen molar-refractivity contribution in [1.29, 1.82) is 0 Å². The number of carbonyl (C=O) groups excluding carboxylic acids is 1. The summed E-state index contributed by atoms with van der Waals surface area (Å²) in [5.74, 6) is -0.264. The number of quaternary nitrogens is 1. The molecule has 0 heterocycles. The molecule has 336 valence electrons. The Kier molecular flexibility index (Phi) is 39.2. The van der Waals surface area contributed by atoms with E-state index < -0.39 is 26.6 Å². The standard InChI is InChI=1S/C48H93N2O6P/c1-6-8-10-12-14-16-18-20-21-22-23-24-25-26-27-28-30-31-33-35-37-39-41-47(51)46(45-56-57(53,54)55-44-43-50(3,4)5)49-48(52)42-40-38-36-34-32-29-19-17-15-13-11-9-7-2/h29,32,36,38-39,41,46-47,51H,6-28,30-31,33-35,37,40,42-45H2,1-5H3,(H-,49,52,53,54)/b32-29-,38-36-,41-39+. The molecular formula is C48H93N2O6P. The molecule has 0 fully saturated rings. The van der Waals surface area contributed by atoms with Gasteiger partial charge in [0.25, 0.3) is 7.82 Å². The van der Waals surface area contributed by atoms with Gasteiger partial charge in [-0.1, -0.05) is 204 Å². The predicted molar refractivity (Wildman–Crippen MR) is 242 cm³/mol. The summed E-state index contributed by atoms with van der Waals surface area (Å²) in [7, 11) is 1.23. The Morgan fingerprint density at radius 2 is 1.02 bits per heavy atom. The Hall–Kier alpha value is -1.28. The Bertz CT molecular complexity index is 1030. The van der Waals surface area contributed by atoms with E-state index in [0.29, 0.717) is 17.4 Å². The number of hydrogen-bond donors (Lipinski definition) is 2. The van der Waals surface area contributed by atoms with Gasteiger partial charge in [-0.05, 0) is 38.5 Å². The lowest BCUT2D eigenvalue weighted by atomic mass is 10.0. The van der Waals surface area contributed by atoms with E-state index >= 15 is 0 Å². The van der Waals surface area contributed by atoms with Crippen LogP contribution in [0.5, 0.6) is 0 Å². The smallest absolute Gasteiger partial charge is 0.268 e. The van der Waals surface area contributed by atoms with Crippen molar-refractivity contribution in [2.45, 2.75) is 225 Å². The Morgan fingerprint density at radius 1 is 0.614 bits per heavy atom. The number of hydrogen-bond acceptors (Lipinski definition) is 6. The van der Waals surface area contributed by atoms with Crippen molar-refractivity contribution in [3.05, 3.63) is 36.5 Å². The summed E-state index contributed by atoms with van der Waals surface area (Å²) in [6.07, 6.45) is 49.3. The summed E-state index contributed by atoms with van der Waals surface area (Å²) < 4.78 is 23.2. The van der Waals surface area contributed by atoms with E-state index in [4.69, 9.17) is 9.05 Å². The van der Waals surface area contributed by atoms with Gasteiger partial charge in [0.05, 0.1) is 39.9 Å². The summed E-state index contributed by atoms with van der Waals surface area (Å²) in [5, 5.41) is 13.7. The molecule has 3 unspecified atom stereocenters. The first-order chi connectivity index (χ1) is 27.5. The highest BCUT2D eigenvalue weighted by atomic mass is 31.2. The van der Waals surface area contributed by atoms with Crippen LogP contribution in [-0.4, -0.2) is 68.5 Å². The molecule has 0 saturated carbocycles. The molecule has 0 aliphatic carbocycles. The molecule has 2 N–H and O–H groups in total. The molecule has 57 heavy (non-hydrogen) atoms. The van der Waals surface area contributed by atoms with E-state index in [-0.39, 0.29) is 18.9 Å². The third-order valence-electron chi connectivity index (χ3n) is 10.6. The number of phosphoric ester groups is 1. The van der Waals surface area contributed by atoms with Crippen LogP contribution in [-0.2, 0) is 18.4 Å². The molecule has 0 aromatic rings. The average molecular weight is 825 g/mol. The first-order valence-electron chi connectivity index (χ1n) is 23.9. The minimum atomic E-state index is -4.60. The zero-order valence-electron chi connectivity index (χ0n) is 38.0. The zero-order chi connectivity index (χ0) is 42.1. The van der Waals surface area contributed by atoms with Crippen LogP contribution in [0.3, 0.4) is 0 Å². The summed E-state index contributed by atoms with van der Waals surface area (Å²) in [6, 6.07) is -0.915. The number of carbonyl (C=O) groups is 1. The van der Waals surface area contributed by atoms with E-state index in [1.54, 1.807) is 6.08 Å². The fourth-order valence-corrected chi connectivity index (χ4v) is 7.51. The normalized spacial score (nSPS) is 14.6. The minimum absolute atomic E-state index is 0.0101. The monoisotopic (exact) mass is 825 g/mol. The number of rotatable bonds is 43. The number of nitrogens with one attached hydrogen (secondary N) is 1. The van der Waals surface area contributed by atoms with E-state index in [1.807, 2.05) is 33.3 Å². The van der Waals surface area contributed by atoms with Gasteiger partial charge in [0.15, 0.2) is 0 Å². The second-order valence-electron chi connectivity index (χ2n) is 17.5. The Morgan fingerprint density at radius 3 is 1.46 bits per heavy atom. The summed E-state index contributed by atoms with van der Waals surface area (Å²) in [4.78, 5) is 25.3. The molecule has 1 amide bonds. The third-order valence-corrected chi connectivity index (χ3v) is 11.6. The number of aliphatic hydroxyl groups is 1. The van der Waals surface area contributed by atoms with Gasteiger partial charge in [0, 0.05) is 6.42 Å². The first-order valence-corrected chi connectivity index (χ1v) is 25.3. The van der Waals surface area contributed by atoms with Crippen LogP contribution in [0.1, 0.15) is 213 Å². The van der Waals surface area contributed by atoms with E-state index in [0.717, 1.165) is 32.1 Å². The van der Waals surface area contributed by atoms with Gasteiger partial charge >= 0.3 is 0 Å². The molecule has 0 aliphatic rings. The zero-order valence-corrected chi connectivity index (χ0v) is 38.9. The van der Waals surface area contributed by atoms with Crippen molar-refractivity contribution < 1.29 is 32.9 Å². The Balaban J connectivity index is 4.37. The number of nitrogens with zero attached hydrogens (tertiary/aromatic N) is 1. The van der Waals surface area contributed by atoms with Crippen LogP contribution in [0.25, 0.3) is 0 Å². The van der Waals surface area contributed by atoms with Crippen molar-refractivity contribution >= 4 is 13.7 Å². The lowest BCUT2D eigenvalue weighted by molar-refractivity contribution is -0.870. The van der Waals surface area contributed by atoms with Crippen molar-refractivity contribution in [2.24, 2.45) is 0 Å². The van der Waals surface area contributed by atoms with Gasteiger partial charge < -0.3 is 28.8 Å². The molecule has 0 aliphatic heterocycles. The van der Waals surface area contributed by atoms with Crippen LogP contribution in [0.4, 0.5) is 0 Å². The first kappa shape index (κ1) is 55.7. The van der Waals surface area contributed by atoms with Gasteiger partial charge in [-0.25, -0.2) is 0 Å². The molecule has 0 aromatic heterocycles. The second-order valence-corrected chi connectivity index (χ2v) is 18.9. The second kappa shape index (κ2) is 40.1. The molecule has 0 radical (unpaired) electrons. The maximum Gasteiger partial charge on any atom is 0.268 e. The SMILES string of the molecule is CCCCCCCC/C=C\C/C=C\CCC(=O)NC(COP(=O)([O-])OCC[N+](C)(C)C)C(O)/C=C/CCCCCCCCCCCCCCCCCCCCCC. The highest BCUT2D eigenvalue weighted by Gasteiger charge is 2.23. The summed E-state index contributed by atoms with van der Waals surface area (Å²) in [6.45, 7) is 4.60. The average Bonchev–Trinajstić information content (AvgIpc) is 3.16. The predicted octanol–water partition coefficient (Wildman–Crippen LogP) is 12.8. The van der Waals surface area contributed by atoms with Crippen LogP contribution in [0, 0.1) is 0 Å². The minimum Gasteiger partial charge on any atom is -0.756 e. The number of phosphoric acid groups is 1. The fourth-order valence-electron chi connectivity index (χ4n) is 6.79. The molecule has 3 atom stereocenters. The quantitative estimate of drug-likeness (QED) is 0.0274. The number of amides is 1. The molecule has 0 saturated heterocycles. The third kappa shape index (κ3) is 42.6. The van der Waals surface area contributed by atoms with Crippen molar-refractivity contribution in [1.82, 2.24) is 5.32 Å². The number of aliphatic hydroxyl groups excluding tert-OH is 1. The van der Waals surface area contributed by atoms with Crippen LogP contribution < -0.4 is 10.2 Å². The highest BCUT2D eigenvalue weighted by Crippen LogP contribution is 2.38. The Labute approximate surface area is 353 Å². The van der Waals surface area contributed by atoms with Crippen LogP contribution >= 0.6 is 7.82 Å². The molecule has 9 heteroatoms. The van der Waals surface area contributed by atoms with E-state index in [1.165, 1.54) is 154 Å². The summed E-state index contributed by atoms with van der Waals surface area (Å²) >= 11 is 0. The maximum absolute atomic E-state index is 12.8. The van der Waals surface area contributed by atoms with Crippen molar-refractivity contribution in [3.63, 3.8) is 0 Å². The van der Waals surface area contributed by atoms with Gasteiger partial charge in [-0.15, -0.1) is 0 Å². The maximum atomic E-state index is 12.8. The topological polar surface area (TPSA) is 108 Å². The number of likely N-dealkylation sites (N-methyl/N-ethyl adjacent to an activating group) is 1. The summed E-state index contributed by atoms with van der Waals surface area (Å²) in [5.41, 5.74) is 0. The molecule has 0 aromatic carbocycles. The lowest BCUT2D eigenvalue weighted by Crippen LogP contribution is -2.45. The number of allylic oxidation sites excluding steroid dienone is 5. The van der Waals surface area contributed by atoms with Crippen molar-refractivity contribution in [3.8, 4) is 0 Å². The molecule has 0 rings (SSSR count). The number of unbranched alkanes of at least 4 members (excludes halogenated alkanes) is 26. The van der Waals surface area contributed by atoms with E-state index in [2.05, 4.69) is 37.4 Å². The van der Waals surface area contributed by atoms with E-state index in [9.17, 15) is 19.4 Å². The molecule has 8 nitrogen and oxygen atoms in total. The van der Waals surface area contributed by atoms with Crippen LogP contribution in [0.2, 0.25) is 0 Å². The molecule has 0 spiro atoms. The van der Waals surface area contributed by atoms with Gasteiger partial charge in [-0.2, -0.15) is 0 Å². The van der Waals surface area contributed by atoms with Gasteiger partial charge in [0.2, 0.25) is 5.91 Å². The highest BCUT2D eigenvalue weighted by molar-refractivity contribution is 7.45. The van der Waals surface area contributed by atoms with Gasteiger partial charge in [0.1, 0.15) is 13.2 Å². The van der Waals surface area contributed by atoms with Gasteiger partial charge in [-0.3, -0.25) is 9.36 Å². The molecule has 0 bridgehead atoms. The lowest BCUT2D eigenvalue weighted by Gasteiger charge is -2.29.